The molecule has 20 heavy (non-hydrogen) atoms. The van der Waals surface area contributed by atoms with Crippen LogP contribution in [0.15, 0.2) is 18.2 Å². The molecule has 2 N–H and O–H groups in total. The van der Waals surface area contributed by atoms with Crippen LogP contribution in [-0.2, 0) is 17.6 Å². The molecule has 1 amide bonds. The maximum absolute atomic E-state index is 11.6. The van der Waals surface area contributed by atoms with Gasteiger partial charge >= 0.3 is 0 Å². The fourth-order valence-electron chi connectivity index (χ4n) is 2.29. The number of aryl methyl sites for hydroxylation is 2. The molecule has 2 rings (SSSR count). The summed E-state index contributed by atoms with van der Waals surface area (Å²) in [6, 6.07) is 6.02. The summed E-state index contributed by atoms with van der Waals surface area (Å²) in [6.45, 7) is 4.09. The highest BCUT2D eigenvalue weighted by molar-refractivity contribution is 5.77. The van der Waals surface area contributed by atoms with E-state index in [1.807, 2.05) is 26.0 Å². The summed E-state index contributed by atoms with van der Waals surface area (Å²) in [5, 5.41) is 12.3. The quantitative estimate of drug-likeness (QED) is 0.832. The molecule has 0 fully saturated rings. The Morgan fingerprint density at radius 1 is 1.35 bits per heavy atom. The van der Waals surface area contributed by atoms with Gasteiger partial charge in [0.15, 0.2) is 6.61 Å². The van der Waals surface area contributed by atoms with Crippen LogP contribution in [0.4, 0.5) is 0 Å². The maximum atomic E-state index is 11.6. The Morgan fingerprint density at radius 2 is 2.10 bits per heavy atom. The van der Waals surface area contributed by atoms with Crippen molar-refractivity contribution < 1.29 is 14.6 Å². The standard InChI is InChI=1S/C16H23NO3/c1-11(2)15(18)9-17-16(19)10-20-14-7-6-12-4-3-5-13(12)8-14/h6-8,11,15,18H,3-5,9-10H2,1-2H3,(H,17,19). The predicted octanol–water partition coefficient (Wildman–Crippen LogP) is 1.69. The Morgan fingerprint density at radius 3 is 2.85 bits per heavy atom. The van der Waals surface area contributed by atoms with Gasteiger partial charge in [0.2, 0.25) is 0 Å². The third-order valence-electron chi connectivity index (χ3n) is 3.72. The van der Waals surface area contributed by atoms with Crippen molar-refractivity contribution in [2.24, 2.45) is 5.92 Å². The summed E-state index contributed by atoms with van der Waals surface area (Å²) in [7, 11) is 0. The molecule has 0 aromatic heterocycles. The average Bonchev–Trinajstić information content (AvgIpc) is 2.89. The summed E-state index contributed by atoms with van der Waals surface area (Å²) in [4.78, 5) is 11.6. The molecule has 1 aliphatic rings. The first-order valence-electron chi connectivity index (χ1n) is 7.25. The molecule has 0 aliphatic heterocycles. The molecule has 110 valence electrons. The smallest absolute Gasteiger partial charge is 0.258 e. The van der Waals surface area contributed by atoms with Crippen LogP contribution >= 0.6 is 0 Å². The van der Waals surface area contributed by atoms with Gasteiger partial charge in [0.1, 0.15) is 5.75 Å². The van der Waals surface area contributed by atoms with Crippen molar-refractivity contribution >= 4 is 5.91 Å². The third-order valence-corrected chi connectivity index (χ3v) is 3.72. The topological polar surface area (TPSA) is 58.6 Å². The van der Waals surface area contributed by atoms with Crippen LogP contribution < -0.4 is 10.1 Å². The van der Waals surface area contributed by atoms with Gasteiger partial charge in [0.05, 0.1) is 6.10 Å². The van der Waals surface area contributed by atoms with E-state index >= 15 is 0 Å². The van der Waals surface area contributed by atoms with Crippen molar-refractivity contribution in [2.45, 2.75) is 39.2 Å². The van der Waals surface area contributed by atoms with E-state index in [0.29, 0.717) is 0 Å². The number of aliphatic hydroxyl groups is 1. The van der Waals surface area contributed by atoms with Gasteiger partial charge in [0, 0.05) is 6.54 Å². The van der Waals surface area contributed by atoms with Crippen LogP contribution in [0.5, 0.6) is 5.75 Å². The lowest BCUT2D eigenvalue weighted by Crippen LogP contribution is -2.37. The Bertz CT molecular complexity index is 471. The van der Waals surface area contributed by atoms with Crippen LogP contribution in [-0.4, -0.2) is 30.3 Å². The number of nitrogens with one attached hydrogen (secondary N) is 1. The van der Waals surface area contributed by atoms with Gasteiger partial charge in [-0.1, -0.05) is 19.9 Å². The number of fused-ring (bicyclic) bond motifs is 1. The summed E-state index contributed by atoms with van der Waals surface area (Å²) in [5.74, 6) is 0.670. The van der Waals surface area contributed by atoms with Crippen molar-refractivity contribution in [1.29, 1.82) is 0 Å². The normalized spacial score (nSPS) is 15.0. The van der Waals surface area contributed by atoms with Gasteiger partial charge < -0.3 is 15.2 Å². The first kappa shape index (κ1) is 14.9. The van der Waals surface area contributed by atoms with E-state index in [9.17, 15) is 9.90 Å². The summed E-state index contributed by atoms with van der Waals surface area (Å²) < 4.78 is 5.49. The van der Waals surface area contributed by atoms with E-state index in [2.05, 4.69) is 11.4 Å². The summed E-state index contributed by atoms with van der Waals surface area (Å²) >= 11 is 0. The van der Waals surface area contributed by atoms with E-state index in [1.165, 1.54) is 17.5 Å². The number of rotatable bonds is 6. The van der Waals surface area contributed by atoms with Gasteiger partial charge in [-0.05, 0) is 48.4 Å². The van der Waals surface area contributed by atoms with E-state index in [0.717, 1.165) is 18.6 Å². The Balaban J connectivity index is 1.76. The number of aliphatic hydroxyl groups excluding tert-OH is 1. The molecule has 4 nitrogen and oxygen atoms in total. The van der Waals surface area contributed by atoms with Crippen LogP contribution in [0.1, 0.15) is 31.4 Å². The summed E-state index contributed by atoms with van der Waals surface area (Å²) in [6.07, 6.45) is 2.92. The molecule has 0 bridgehead atoms. The Kier molecular flexibility index (Phi) is 5.01. The molecule has 1 aromatic rings. The van der Waals surface area contributed by atoms with Crippen molar-refractivity contribution in [3.05, 3.63) is 29.3 Å². The first-order chi connectivity index (χ1) is 9.56. The highest BCUT2D eigenvalue weighted by atomic mass is 16.5. The number of benzene rings is 1. The van der Waals surface area contributed by atoms with Gasteiger partial charge in [-0.2, -0.15) is 0 Å². The van der Waals surface area contributed by atoms with Crippen LogP contribution in [0.2, 0.25) is 0 Å². The zero-order valence-electron chi connectivity index (χ0n) is 12.2. The molecular weight excluding hydrogens is 254 g/mol. The third kappa shape index (κ3) is 3.97. The van der Waals surface area contributed by atoms with Gasteiger partial charge in [-0.3, -0.25) is 4.79 Å². The molecule has 0 heterocycles. The minimum Gasteiger partial charge on any atom is -0.484 e. The lowest BCUT2D eigenvalue weighted by atomic mass is 10.1. The number of amides is 1. The Labute approximate surface area is 120 Å². The highest BCUT2D eigenvalue weighted by Crippen LogP contribution is 2.25. The average molecular weight is 277 g/mol. The number of hydrogen-bond donors (Lipinski definition) is 2. The number of ether oxygens (including phenoxy) is 1. The summed E-state index contributed by atoms with van der Waals surface area (Å²) in [5.41, 5.74) is 2.72. The van der Waals surface area contributed by atoms with E-state index in [1.54, 1.807) is 0 Å². The second kappa shape index (κ2) is 6.75. The number of carbonyl (C=O) groups is 1. The van der Waals surface area contributed by atoms with Crippen LogP contribution in [0.25, 0.3) is 0 Å². The van der Waals surface area contributed by atoms with Crippen LogP contribution in [0, 0.1) is 5.92 Å². The minimum absolute atomic E-state index is 0.0103. The molecule has 0 saturated carbocycles. The molecule has 1 atom stereocenters. The predicted molar refractivity (Wildman–Crippen MR) is 77.8 cm³/mol. The fourth-order valence-corrected chi connectivity index (χ4v) is 2.29. The number of hydrogen-bond acceptors (Lipinski definition) is 3. The molecule has 1 aliphatic carbocycles. The second-order valence-corrected chi connectivity index (χ2v) is 5.69. The van der Waals surface area contributed by atoms with Crippen molar-refractivity contribution in [3.8, 4) is 5.75 Å². The van der Waals surface area contributed by atoms with Crippen molar-refractivity contribution in [2.75, 3.05) is 13.2 Å². The lowest BCUT2D eigenvalue weighted by Gasteiger charge is -2.15. The maximum Gasteiger partial charge on any atom is 0.258 e. The monoisotopic (exact) mass is 277 g/mol. The molecule has 4 heteroatoms. The molecule has 1 unspecified atom stereocenters. The van der Waals surface area contributed by atoms with Gasteiger partial charge in [0.25, 0.3) is 5.91 Å². The Hall–Kier alpha value is -1.55. The lowest BCUT2D eigenvalue weighted by molar-refractivity contribution is -0.123. The molecule has 0 saturated heterocycles. The minimum atomic E-state index is -0.515. The van der Waals surface area contributed by atoms with Crippen LogP contribution in [0.3, 0.4) is 0 Å². The molecular formula is C16H23NO3. The largest absolute Gasteiger partial charge is 0.484 e. The SMILES string of the molecule is CC(C)C(O)CNC(=O)COc1ccc2c(c1)CCC2. The van der Waals surface area contributed by atoms with E-state index in [4.69, 9.17) is 4.74 Å². The fraction of sp³-hybridized carbons (Fsp3) is 0.562. The van der Waals surface area contributed by atoms with Gasteiger partial charge in [-0.15, -0.1) is 0 Å². The zero-order chi connectivity index (χ0) is 14.5. The number of carbonyl (C=O) groups excluding carboxylic acids is 1. The molecule has 0 radical (unpaired) electrons. The molecule has 0 spiro atoms. The zero-order valence-corrected chi connectivity index (χ0v) is 12.2. The van der Waals surface area contributed by atoms with E-state index < -0.39 is 6.10 Å². The van der Waals surface area contributed by atoms with Crippen molar-refractivity contribution in [1.82, 2.24) is 5.32 Å². The van der Waals surface area contributed by atoms with Crippen molar-refractivity contribution in [3.63, 3.8) is 0 Å². The van der Waals surface area contributed by atoms with E-state index in [-0.39, 0.29) is 25.0 Å². The molecule has 1 aromatic carbocycles. The first-order valence-corrected chi connectivity index (χ1v) is 7.25. The second-order valence-electron chi connectivity index (χ2n) is 5.69. The van der Waals surface area contributed by atoms with Gasteiger partial charge in [-0.25, -0.2) is 0 Å². The highest BCUT2D eigenvalue weighted by Gasteiger charge is 2.13.